The Hall–Kier alpha value is -0.830. The van der Waals surface area contributed by atoms with E-state index in [1.165, 1.54) is 18.2 Å². The van der Waals surface area contributed by atoms with Gasteiger partial charge in [0, 0.05) is 15.6 Å². The third-order valence-corrected chi connectivity index (χ3v) is 2.79. The molecule has 0 aliphatic rings. The lowest BCUT2D eigenvalue weighted by molar-refractivity contribution is -0.207. The first-order valence-electron chi connectivity index (χ1n) is 4.91. The van der Waals surface area contributed by atoms with Crippen LogP contribution in [0.2, 0.25) is 0 Å². The molecular formula is C11H12F3IO3. The van der Waals surface area contributed by atoms with Gasteiger partial charge in [0.1, 0.15) is 0 Å². The van der Waals surface area contributed by atoms with Crippen LogP contribution in [-0.4, -0.2) is 22.4 Å². The number of rotatable bonds is 2. The largest absolute Gasteiger partial charge is 0.481 e. The van der Waals surface area contributed by atoms with Crippen LogP contribution >= 0.6 is 22.6 Å². The SMILES string of the molecule is CCC(=O)O.OC(c1ccccc1I)C(F)(F)F. The van der Waals surface area contributed by atoms with Gasteiger partial charge in [0.05, 0.1) is 0 Å². The number of halogens is 4. The summed E-state index contributed by atoms with van der Waals surface area (Å²) in [6.07, 6.45) is -6.76. The number of benzene rings is 1. The van der Waals surface area contributed by atoms with Crippen LogP contribution in [0.4, 0.5) is 13.2 Å². The Kier molecular flexibility index (Phi) is 7.22. The number of alkyl halides is 3. The van der Waals surface area contributed by atoms with Crippen LogP contribution in [0.3, 0.4) is 0 Å². The molecule has 1 aromatic carbocycles. The first kappa shape index (κ1) is 17.2. The van der Waals surface area contributed by atoms with Crippen molar-refractivity contribution in [1.82, 2.24) is 0 Å². The number of hydrogen-bond donors (Lipinski definition) is 2. The van der Waals surface area contributed by atoms with E-state index in [0.717, 1.165) is 0 Å². The van der Waals surface area contributed by atoms with Crippen molar-refractivity contribution >= 4 is 28.6 Å². The summed E-state index contributed by atoms with van der Waals surface area (Å²) in [7, 11) is 0. The van der Waals surface area contributed by atoms with E-state index in [9.17, 15) is 18.0 Å². The van der Waals surface area contributed by atoms with Crippen molar-refractivity contribution in [1.29, 1.82) is 0 Å². The average molecular weight is 376 g/mol. The average Bonchev–Trinajstić information content (AvgIpc) is 2.28. The fourth-order valence-electron chi connectivity index (χ4n) is 0.873. The minimum absolute atomic E-state index is 0.101. The highest BCUT2D eigenvalue weighted by Crippen LogP contribution is 2.34. The second-order valence-corrected chi connectivity index (χ2v) is 4.38. The van der Waals surface area contributed by atoms with E-state index in [-0.39, 0.29) is 12.0 Å². The highest BCUT2D eigenvalue weighted by molar-refractivity contribution is 14.1. The number of aliphatic hydroxyl groups is 1. The molecule has 0 heterocycles. The lowest BCUT2D eigenvalue weighted by atomic mass is 10.1. The molecule has 0 saturated carbocycles. The molecular weight excluding hydrogens is 364 g/mol. The Morgan fingerprint density at radius 1 is 1.39 bits per heavy atom. The van der Waals surface area contributed by atoms with Crippen LogP contribution in [0.1, 0.15) is 25.0 Å². The molecule has 0 amide bonds. The molecule has 0 aliphatic carbocycles. The number of carboxylic acid groups (broad SMARTS) is 1. The molecule has 0 aromatic heterocycles. The van der Waals surface area contributed by atoms with Gasteiger partial charge in [0.15, 0.2) is 6.10 Å². The standard InChI is InChI=1S/C8H6F3IO.C3H6O2/c9-8(10,11)7(13)5-3-1-2-4-6(5)12;1-2-3(4)5/h1-4,7,13H;2H2,1H3,(H,4,5). The van der Waals surface area contributed by atoms with Crippen molar-refractivity contribution in [2.45, 2.75) is 25.6 Å². The zero-order valence-corrected chi connectivity index (χ0v) is 11.6. The Bertz CT molecular complexity index is 393. The van der Waals surface area contributed by atoms with E-state index in [1.807, 2.05) is 0 Å². The molecule has 1 aromatic rings. The van der Waals surface area contributed by atoms with Crippen molar-refractivity contribution in [2.75, 3.05) is 0 Å². The number of carboxylic acids is 1. The summed E-state index contributed by atoms with van der Waals surface area (Å²) in [6, 6.07) is 5.87. The van der Waals surface area contributed by atoms with Crippen molar-refractivity contribution < 1.29 is 28.2 Å². The van der Waals surface area contributed by atoms with Gasteiger partial charge < -0.3 is 10.2 Å². The number of hydrogen-bond acceptors (Lipinski definition) is 2. The maximum Gasteiger partial charge on any atom is 0.418 e. The topological polar surface area (TPSA) is 57.5 Å². The van der Waals surface area contributed by atoms with E-state index in [1.54, 1.807) is 35.6 Å². The van der Waals surface area contributed by atoms with Gasteiger partial charge in [-0.1, -0.05) is 25.1 Å². The molecule has 0 spiro atoms. The van der Waals surface area contributed by atoms with Crippen molar-refractivity contribution in [3.05, 3.63) is 33.4 Å². The lowest BCUT2D eigenvalue weighted by Crippen LogP contribution is -2.20. The quantitative estimate of drug-likeness (QED) is 0.779. The van der Waals surface area contributed by atoms with Crippen LogP contribution < -0.4 is 0 Å². The summed E-state index contributed by atoms with van der Waals surface area (Å²) in [4.78, 5) is 9.37. The van der Waals surface area contributed by atoms with Gasteiger partial charge >= 0.3 is 12.1 Å². The zero-order chi connectivity index (χ0) is 14.3. The maximum absolute atomic E-state index is 12.1. The van der Waals surface area contributed by atoms with E-state index in [2.05, 4.69) is 0 Å². The summed E-state index contributed by atoms with van der Waals surface area (Å²) < 4.78 is 36.6. The second kappa shape index (κ2) is 7.57. The molecule has 1 atom stereocenters. The highest BCUT2D eigenvalue weighted by atomic mass is 127. The van der Waals surface area contributed by atoms with Crippen molar-refractivity contribution in [3.63, 3.8) is 0 Å². The molecule has 2 N–H and O–H groups in total. The Morgan fingerprint density at radius 2 is 1.83 bits per heavy atom. The third-order valence-electron chi connectivity index (χ3n) is 1.81. The summed E-state index contributed by atoms with van der Waals surface area (Å²) in [5.41, 5.74) is -0.101. The molecule has 1 rings (SSSR count). The summed E-state index contributed by atoms with van der Waals surface area (Å²) in [6.45, 7) is 1.60. The fourth-order valence-corrected chi connectivity index (χ4v) is 1.56. The smallest absolute Gasteiger partial charge is 0.418 e. The highest BCUT2D eigenvalue weighted by Gasteiger charge is 2.40. The van der Waals surface area contributed by atoms with Gasteiger partial charge in [0.25, 0.3) is 0 Å². The molecule has 0 radical (unpaired) electrons. The molecule has 102 valence electrons. The predicted molar refractivity (Wildman–Crippen MR) is 68.1 cm³/mol. The van der Waals surface area contributed by atoms with Crippen LogP contribution in [0, 0.1) is 3.57 Å². The summed E-state index contributed by atoms with van der Waals surface area (Å²) in [5, 5.41) is 16.6. The minimum Gasteiger partial charge on any atom is -0.481 e. The predicted octanol–water partition coefficient (Wildman–Crippen LogP) is 3.37. The number of aliphatic hydroxyl groups excluding tert-OH is 1. The van der Waals surface area contributed by atoms with Gasteiger partial charge in [-0.15, -0.1) is 0 Å². The van der Waals surface area contributed by atoms with Gasteiger partial charge in [-0.2, -0.15) is 13.2 Å². The fraction of sp³-hybridized carbons (Fsp3) is 0.364. The molecule has 1 unspecified atom stereocenters. The van der Waals surface area contributed by atoms with E-state index >= 15 is 0 Å². The van der Waals surface area contributed by atoms with E-state index in [4.69, 9.17) is 10.2 Å². The molecule has 0 aliphatic heterocycles. The molecule has 0 fully saturated rings. The lowest BCUT2D eigenvalue weighted by Gasteiger charge is -2.15. The number of aliphatic carboxylic acids is 1. The normalized spacial score (nSPS) is 12.3. The summed E-state index contributed by atoms with van der Waals surface area (Å²) >= 11 is 1.76. The Labute approximate surface area is 116 Å². The van der Waals surface area contributed by atoms with Gasteiger partial charge in [-0.25, -0.2) is 0 Å². The monoisotopic (exact) mass is 376 g/mol. The third kappa shape index (κ3) is 6.20. The molecule has 3 nitrogen and oxygen atoms in total. The first-order valence-corrected chi connectivity index (χ1v) is 5.99. The van der Waals surface area contributed by atoms with Gasteiger partial charge in [0.2, 0.25) is 0 Å². The van der Waals surface area contributed by atoms with Gasteiger partial charge in [-0.05, 0) is 28.7 Å². The van der Waals surface area contributed by atoms with Crippen molar-refractivity contribution in [3.8, 4) is 0 Å². The van der Waals surface area contributed by atoms with Crippen LogP contribution in [0.5, 0.6) is 0 Å². The Morgan fingerprint density at radius 3 is 2.17 bits per heavy atom. The molecule has 18 heavy (non-hydrogen) atoms. The van der Waals surface area contributed by atoms with E-state index < -0.39 is 18.2 Å². The summed E-state index contributed by atoms with van der Waals surface area (Å²) in [5.74, 6) is -0.745. The minimum atomic E-state index is -4.60. The number of carbonyl (C=O) groups is 1. The molecule has 0 bridgehead atoms. The molecule has 0 saturated heterocycles. The van der Waals surface area contributed by atoms with Crippen molar-refractivity contribution in [2.24, 2.45) is 0 Å². The zero-order valence-electron chi connectivity index (χ0n) is 9.41. The van der Waals surface area contributed by atoms with Crippen LogP contribution in [-0.2, 0) is 4.79 Å². The van der Waals surface area contributed by atoms with Crippen LogP contribution in [0.25, 0.3) is 0 Å². The van der Waals surface area contributed by atoms with E-state index in [0.29, 0.717) is 3.57 Å². The Balaban J connectivity index is 0.000000494. The second-order valence-electron chi connectivity index (χ2n) is 3.21. The van der Waals surface area contributed by atoms with Gasteiger partial charge in [-0.3, -0.25) is 4.79 Å². The maximum atomic E-state index is 12.1. The molecule has 7 heteroatoms. The van der Waals surface area contributed by atoms with Crippen LogP contribution in [0.15, 0.2) is 24.3 Å². The first-order chi connectivity index (χ1) is 8.20.